The van der Waals surface area contributed by atoms with Crippen molar-refractivity contribution >= 4 is 6.08 Å². The molecule has 0 saturated carbocycles. The second-order valence-electron chi connectivity index (χ2n) is 6.20. The van der Waals surface area contributed by atoms with Gasteiger partial charge in [0.1, 0.15) is 0 Å². The van der Waals surface area contributed by atoms with Crippen LogP contribution in [-0.2, 0) is 6.42 Å². The van der Waals surface area contributed by atoms with Crippen LogP contribution in [0.25, 0.3) is 17.2 Å². The van der Waals surface area contributed by atoms with Crippen molar-refractivity contribution in [3.8, 4) is 11.1 Å². The third kappa shape index (κ3) is 5.36. The van der Waals surface area contributed by atoms with Gasteiger partial charge in [0.25, 0.3) is 0 Å². The van der Waals surface area contributed by atoms with E-state index in [4.69, 9.17) is 0 Å². The lowest BCUT2D eigenvalue weighted by Crippen LogP contribution is -1.97. The van der Waals surface area contributed by atoms with Gasteiger partial charge in [0.15, 0.2) is 11.6 Å². The van der Waals surface area contributed by atoms with E-state index in [-0.39, 0.29) is 17.2 Å². The normalized spacial score (nSPS) is 12.5. The molecule has 1 unspecified atom stereocenters. The summed E-state index contributed by atoms with van der Waals surface area (Å²) in [6, 6.07) is 10.6. The number of hydrogen-bond donors (Lipinski definition) is 1. The molecule has 0 amide bonds. The van der Waals surface area contributed by atoms with Crippen LogP contribution in [-0.4, -0.2) is 11.2 Å². The van der Waals surface area contributed by atoms with Crippen LogP contribution in [0.2, 0.25) is 0 Å². The van der Waals surface area contributed by atoms with Gasteiger partial charge in [0, 0.05) is 11.1 Å². The number of unbranched alkanes of at least 4 members (excludes halogenated alkanes) is 1. The molecule has 0 heterocycles. The standard InChI is InChI=1S/C22H24F2O/c1-3-7-17-10-12-18(13-11-17)20-15-14-19(21(23)22(20)24)9-6-4-5-8-16(2)25/h3,6,9-16,25H,1,4-5,7-8H2,2H3. The van der Waals surface area contributed by atoms with Crippen LogP contribution in [0.5, 0.6) is 0 Å². The van der Waals surface area contributed by atoms with Gasteiger partial charge in [-0.1, -0.05) is 54.6 Å². The minimum Gasteiger partial charge on any atom is -0.393 e. The summed E-state index contributed by atoms with van der Waals surface area (Å²) in [5.41, 5.74) is 2.23. The van der Waals surface area contributed by atoms with Crippen LogP contribution in [0, 0.1) is 11.6 Å². The first kappa shape index (κ1) is 19.1. The van der Waals surface area contributed by atoms with Crippen molar-refractivity contribution in [2.75, 3.05) is 0 Å². The van der Waals surface area contributed by atoms with Gasteiger partial charge in [-0.25, -0.2) is 8.78 Å². The van der Waals surface area contributed by atoms with E-state index in [1.807, 2.05) is 18.2 Å². The molecular formula is C22H24F2O. The van der Waals surface area contributed by atoms with Crippen molar-refractivity contribution < 1.29 is 13.9 Å². The lowest BCUT2D eigenvalue weighted by Gasteiger charge is -2.08. The maximum absolute atomic E-state index is 14.4. The molecule has 0 bridgehead atoms. The predicted molar refractivity (Wildman–Crippen MR) is 100 cm³/mol. The van der Waals surface area contributed by atoms with Gasteiger partial charge >= 0.3 is 0 Å². The van der Waals surface area contributed by atoms with Crippen molar-refractivity contribution in [1.82, 2.24) is 0 Å². The monoisotopic (exact) mass is 342 g/mol. The summed E-state index contributed by atoms with van der Waals surface area (Å²) in [7, 11) is 0. The number of aliphatic hydroxyl groups is 1. The summed E-state index contributed by atoms with van der Waals surface area (Å²) >= 11 is 0. The van der Waals surface area contributed by atoms with Gasteiger partial charge in [-0.15, -0.1) is 6.58 Å². The summed E-state index contributed by atoms with van der Waals surface area (Å²) in [6.07, 6.45) is 7.85. The molecule has 2 aromatic rings. The number of rotatable bonds is 8. The first-order valence-electron chi connectivity index (χ1n) is 8.55. The highest BCUT2D eigenvalue weighted by Gasteiger charge is 2.13. The molecule has 0 saturated heterocycles. The Morgan fingerprint density at radius 3 is 2.44 bits per heavy atom. The third-order valence-corrected chi connectivity index (χ3v) is 4.05. The fraction of sp³-hybridized carbons (Fsp3) is 0.273. The number of halogens is 2. The number of benzene rings is 2. The highest BCUT2D eigenvalue weighted by atomic mass is 19.2. The van der Waals surface area contributed by atoms with Gasteiger partial charge in [-0.2, -0.15) is 0 Å². The Morgan fingerprint density at radius 1 is 1.08 bits per heavy atom. The van der Waals surface area contributed by atoms with Gasteiger partial charge < -0.3 is 5.11 Å². The molecule has 3 heteroatoms. The molecule has 0 aliphatic rings. The number of aliphatic hydroxyl groups excluding tert-OH is 1. The molecule has 0 fully saturated rings. The molecule has 0 aliphatic carbocycles. The summed E-state index contributed by atoms with van der Waals surface area (Å²) in [6.45, 7) is 5.43. The van der Waals surface area contributed by atoms with Crippen molar-refractivity contribution in [1.29, 1.82) is 0 Å². The lowest BCUT2D eigenvalue weighted by atomic mass is 10.00. The Morgan fingerprint density at radius 2 is 1.80 bits per heavy atom. The van der Waals surface area contributed by atoms with Crippen LogP contribution in [0.1, 0.15) is 37.3 Å². The largest absolute Gasteiger partial charge is 0.393 e. The summed E-state index contributed by atoms with van der Waals surface area (Å²) < 4.78 is 28.7. The second-order valence-corrected chi connectivity index (χ2v) is 6.20. The molecule has 2 aromatic carbocycles. The minimum absolute atomic E-state index is 0.238. The summed E-state index contributed by atoms with van der Waals surface area (Å²) in [5, 5.41) is 9.20. The zero-order valence-corrected chi connectivity index (χ0v) is 14.5. The highest BCUT2D eigenvalue weighted by Crippen LogP contribution is 2.27. The van der Waals surface area contributed by atoms with E-state index in [0.29, 0.717) is 12.0 Å². The second kappa shape index (κ2) is 9.28. The molecule has 1 nitrogen and oxygen atoms in total. The number of allylic oxidation sites excluding steroid dienone is 2. The quantitative estimate of drug-likeness (QED) is 0.466. The molecule has 0 aromatic heterocycles. The maximum Gasteiger partial charge on any atom is 0.167 e. The Hall–Kier alpha value is -2.26. The fourth-order valence-corrected chi connectivity index (χ4v) is 2.64. The van der Waals surface area contributed by atoms with Crippen LogP contribution < -0.4 is 0 Å². The maximum atomic E-state index is 14.4. The molecular weight excluding hydrogens is 318 g/mol. The fourth-order valence-electron chi connectivity index (χ4n) is 2.64. The zero-order valence-electron chi connectivity index (χ0n) is 14.5. The third-order valence-electron chi connectivity index (χ3n) is 4.05. The number of hydrogen-bond acceptors (Lipinski definition) is 1. The van der Waals surface area contributed by atoms with Crippen molar-refractivity contribution in [3.63, 3.8) is 0 Å². The van der Waals surface area contributed by atoms with E-state index >= 15 is 0 Å². The SMILES string of the molecule is C=CCc1ccc(-c2ccc(C=CCCCC(C)O)c(F)c2F)cc1. The highest BCUT2D eigenvalue weighted by molar-refractivity contribution is 5.67. The first-order chi connectivity index (χ1) is 12.0. The molecule has 0 radical (unpaired) electrons. The van der Waals surface area contributed by atoms with Gasteiger partial charge in [-0.05, 0) is 43.7 Å². The van der Waals surface area contributed by atoms with E-state index in [0.717, 1.165) is 24.8 Å². The zero-order chi connectivity index (χ0) is 18.2. The molecule has 0 spiro atoms. The van der Waals surface area contributed by atoms with Crippen LogP contribution in [0.3, 0.4) is 0 Å². The predicted octanol–water partition coefficient (Wildman–Crippen LogP) is 5.92. The van der Waals surface area contributed by atoms with E-state index in [1.54, 1.807) is 43.3 Å². The van der Waals surface area contributed by atoms with Crippen LogP contribution in [0.15, 0.2) is 55.1 Å². The van der Waals surface area contributed by atoms with Crippen LogP contribution in [0.4, 0.5) is 8.78 Å². The van der Waals surface area contributed by atoms with Gasteiger partial charge in [0.2, 0.25) is 0 Å². The molecule has 2 rings (SSSR count). The topological polar surface area (TPSA) is 20.2 Å². The van der Waals surface area contributed by atoms with E-state index < -0.39 is 11.6 Å². The van der Waals surface area contributed by atoms with E-state index in [2.05, 4.69) is 6.58 Å². The molecule has 1 atom stereocenters. The Bertz CT molecular complexity index is 730. The van der Waals surface area contributed by atoms with E-state index in [1.165, 1.54) is 0 Å². The van der Waals surface area contributed by atoms with Gasteiger partial charge in [-0.3, -0.25) is 0 Å². The summed E-state index contributed by atoms with van der Waals surface area (Å²) in [4.78, 5) is 0. The lowest BCUT2D eigenvalue weighted by molar-refractivity contribution is 0.182. The average Bonchev–Trinajstić information content (AvgIpc) is 2.59. The molecule has 25 heavy (non-hydrogen) atoms. The Kier molecular flexibility index (Phi) is 7.08. The Labute approximate surface area is 148 Å². The minimum atomic E-state index is -0.834. The van der Waals surface area contributed by atoms with Crippen LogP contribution >= 0.6 is 0 Å². The average molecular weight is 342 g/mol. The summed E-state index contributed by atoms with van der Waals surface area (Å²) in [5.74, 6) is -1.66. The Balaban J connectivity index is 2.13. The van der Waals surface area contributed by atoms with Crippen molar-refractivity contribution in [3.05, 3.63) is 77.9 Å². The van der Waals surface area contributed by atoms with Crippen molar-refractivity contribution in [2.45, 2.75) is 38.7 Å². The van der Waals surface area contributed by atoms with E-state index in [9.17, 15) is 13.9 Å². The molecule has 132 valence electrons. The van der Waals surface area contributed by atoms with Gasteiger partial charge in [0.05, 0.1) is 6.10 Å². The smallest absolute Gasteiger partial charge is 0.167 e. The van der Waals surface area contributed by atoms with Crippen molar-refractivity contribution in [2.24, 2.45) is 0 Å². The molecule has 1 N–H and O–H groups in total. The molecule has 0 aliphatic heterocycles. The first-order valence-corrected chi connectivity index (χ1v) is 8.55.